The number of pyridine rings is 1. The third kappa shape index (κ3) is 2.56. The zero-order valence-electron chi connectivity index (χ0n) is 12.4. The van der Waals surface area contributed by atoms with Gasteiger partial charge >= 0.3 is 7.12 Å². The van der Waals surface area contributed by atoms with Gasteiger partial charge in [-0.3, -0.25) is 0 Å². The van der Waals surface area contributed by atoms with Crippen molar-refractivity contribution in [3.05, 3.63) is 29.7 Å². The summed E-state index contributed by atoms with van der Waals surface area (Å²) in [6.45, 7) is 8.00. The van der Waals surface area contributed by atoms with Gasteiger partial charge in [0.2, 0.25) is 0 Å². The van der Waals surface area contributed by atoms with Gasteiger partial charge < -0.3 is 9.31 Å². The van der Waals surface area contributed by atoms with E-state index in [1.807, 2.05) is 33.8 Å². The van der Waals surface area contributed by atoms with Crippen LogP contribution in [-0.4, -0.2) is 38.3 Å². The quantitative estimate of drug-likeness (QED) is 0.623. The average molecular weight is 307 g/mol. The fourth-order valence-corrected chi connectivity index (χ4v) is 2.09. The summed E-state index contributed by atoms with van der Waals surface area (Å²) >= 11 is 5.77. The summed E-state index contributed by atoms with van der Waals surface area (Å²) in [5, 5.41) is 8.65. The molecule has 0 bridgehead atoms. The van der Waals surface area contributed by atoms with Crippen LogP contribution in [0.4, 0.5) is 0 Å². The Labute approximate surface area is 128 Å². The van der Waals surface area contributed by atoms with Crippen LogP contribution in [-0.2, 0) is 9.31 Å². The third-order valence-electron chi connectivity index (χ3n) is 3.98. The Bertz CT molecular complexity index is 640. The maximum Gasteiger partial charge on any atom is 0.518 e. The highest BCUT2D eigenvalue weighted by molar-refractivity contribution is 6.61. The molecule has 0 aliphatic carbocycles. The van der Waals surface area contributed by atoms with Gasteiger partial charge in [0.1, 0.15) is 10.7 Å². The normalized spacial score (nSPS) is 20.0. The molecule has 1 aliphatic heterocycles. The van der Waals surface area contributed by atoms with Crippen molar-refractivity contribution in [2.75, 3.05) is 0 Å². The second kappa shape index (κ2) is 4.79. The molecule has 3 heterocycles. The molecule has 8 heteroatoms. The first kappa shape index (κ1) is 14.5. The van der Waals surface area contributed by atoms with Crippen LogP contribution in [0.5, 0.6) is 0 Å². The van der Waals surface area contributed by atoms with Crippen LogP contribution < -0.4 is 5.59 Å². The minimum Gasteiger partial charge on any atom is -0.398 e. The molecule has 110 valence electrons. The smallest absolute Gasteiger partial charge is 0.398 e. The Hall–Kier alpha value is -1.44. The highest BCUT2D eigenvalue weighted by Gasteiger charge is 2.52. The molecule has 0 atom stereocenters. The number of nitrogens with zero attached hydrogens (tertiary/aromatic N) is 4. The molecule has 3 rings (SSSR count). The molecule has 0 amide bonds. The second-order valence-corrected chi connectivity index (χ2v) is 6.40. The number of hydrogen-bond acceptors (Lipinski definition) is 5. The summed E-state index contributed by atoms with van der Waals surface area (Å²) in [5.74, 6) is 0. The van der Waals surface area contributed by atoms with Crippen LogP contribution in [0.15, 0.2) is 24.5 Å². The zero-order chi connectivity index (χ0) is 15.3. The molecule has 21 heavy (non-hydrogen) atoms. The Morgan fingerprint density at radius 2 is 1.81 bits per heavy atom. The van der Waals surface area contributed by atoms with E-state index in [1.165, 1.54) is 0 Å². The van der Waals surface area contributed by atoms with Gasteiger partial charge in [0.15, 0.2) is 0 Å². The largest absolute Gasteiger partial charge is 0.518 e. The molecule has 1 fully saturated rings. The van der Waals surface area contributed by atoms with E-state index in [4.69, 9.17) is 20.9 Å². The Morgan fingerprint density at radius 1 is 1.14 bits per heavy atom. The lowest BCUT2D eigenvalue weighted by atomic mass is 9.86. The van der Waals surface area contributed by atoms with E-state index >= 15 is 0 Å². The summed E-state index contributed by atoms with van der Waals surface area (Å²) in [6, 6.07) is 3.52. The van der Waals surface area contributed by atoms with Crippen LogP contribution in [0.1, 0.15) is 27.7 Å². The number of halogens is 1. The second-order valence-electron chi connectivity index (χ2n) is 6.02. The lowest BCUT2D eigenvalue weighted by Crippen LogP contribution is -2.41. The van der Waals surface area contributed by atoms with Gasteiger partial charge in [-0.2, -0.15) is 0 Å². The monoisotopic (exact) mass is 306 g/mol. The van der Waals surface area contributed by atoms with Crippen LogP contribution in [0.3, 0.4) is 0 Å². The molecule has 0 saturated carbocycles. The van der Waals surface area contributed by atoms with Crippen molar-refractivity contribution in [2.45, 2.75) is 38.9 Å². The van der Waals surface area contributed by atoms with Crippen molar-refractivity contribution in [1.29, 1.82) is 0 Å². The highest BCUT2D eigenvalue weighted by Crippen LogP contribution is 2.36. The molecule has 6 nitrogen and oxygen atoms in total. The van der Waals surface area contributed by atoms with E-state index < -0.39 is 18.3 Å². The molecule has 2 aromatic rings. The van der Waals surface area contributed by atoms with Gasteiger partial charge in [0.25, 0.3) is 0 Å². The standard InChI is InChI=1S/C13H16BClN4O2/c1-12(2)13(3,4)21-14(20-12)10-8-19(18-17-10)9-5-6-11(15)16-7-9/h5-8H,1-4H3. The SMILES string of the molecule is CC1(C)OB(c2cn(-c3ccc(Cl)nc3)nn2)OC1(C)C. The minimum atomic E-state index is -0.524. The Morgan fingerprint density at radius 3 is 2.38 bits per heavy atom. The zero-order valence-corrected chi connectivity index (χ0v) is 13.1. The van der Waals surface area contributed by atoms with Crippen molar-refractivity contribution >= 4 is 24.3 Å². The summed E-state index contributed by atoms with van der Waals surface area (Å²) in [7, 11) is -0.524. The lowest BCUT2D eigenvalue weighted by Gasteiger charge is -2.32. The summed E-state index contributed by atoms with van der Waals surface area (Å²) in [5.41, 5.74) is 0.602. The first-order valence-electron chi connectivity index (χ1n) is 6.68. The first-order valence-corrected chi connectivity index (χ1v) is 7.06. The molecular formula is C13H16BClN4O2. The predicted octanol–water partition coefficient (Wildman–Crippen LogP) is 1.61. The van der Waals surface area contributed by atoms with Gasteiger partial charge in [-0.05, 0) is 39.8 Å². The van der Waals surface area contributed by atoms with E-state index in [0.717, 1.165) is 5.69 Å². The van der Waals surface area contributed by atoms with Crippen molar-refractivity contribution in [2.24, 2.45) is 0 Å². The molecule has 0 unspecified atom stereocenters. The molecule has 0 N–H and O–H groups in total. The molecule has 0 radical (unpaired) electrons. The maximum atomic E-state index is 5.94. The number of rotatable bonds is 2. The summed E-state index contributed by atoms with van der Waals surface area (Å²) < 4.78 is 13.5. The van der Waals surface area contributed by atoms with Gasteiger partial charge in [-0.15, -0.1) is 5.10 Å². The van der Waals surface area contributed by atoms with E-state index in [-0.39, 0.29) is 0 Å². The van der Waals surface area contributed by atoms with Crippen molar-refractivity contribution < 1.29 is 9.31 Å². The van der Waals surface area contributed by atoms with Crippen molar-refractivity contribution in [3.63, 3.8) is 0 Å². The topological polar surface area (TPSA) is 62.1 Å². The Kier molecular flexibility index (Phi) is 3.31. The average Bonchev–Trinajstić information content (AvgIpc) is 2.94. The maximum absolute atomic E-state index is 5.94. The van der Waals surface area contributed by atoms with Gasteiger partial charge in [0, 0.05) is 0 Å². The number of hydrogen-bond donors (Lipinski definition) is 0. The van der Waals surface area contributed by atoms with Gasteiger partial charge in [-0.25, -0.2) is 9.67 Å². The summed E-state index contributed by atoms with van der Waals surface area (Å²) in [6.07, 6.45) is 3.40. The van der Waals surface area contributed by atoms with E-state index in [0.29, 0.717) is 10.7 Å². The predicted molar refractivity (Wildman–Crippen MR) is 79.9 cm³/mol. The summed E-state index contributed by atoms with van der Waals surface area (Å²) in [4.78, 5) is 4.02. The highest BCUT2D eigenvalue weighted by atomic mass is 35.5. The van der Waals surface area contributed by atoms with Crippen LogP contribution in [0.25, 0.3) is 5.69 Å². The lowest BCUT2D eigenvalue weighted by molar-refractivity contribution is 0.00578. The van der Waals surface area contributed by atoms with Crippen molar-refractivity contribution in [1.82, 2.24) is 20.0 Å². The molecular weight excluding hydrogens is 290 g/mol. The molecule has 2 aromatic heterocycles. The van der Waals surface area contributed by atoms with Gasteiger partial charge in [0.05, 0.1) is 29.3 Å². The fourth-order valence-electron chi connectivity index (χ4n) is 1.98. The third-order valence-corrected chi connectivity index (χ3v) is 4.21. The van der Waals surface area contributed by atoms with E-state index in [2.05, 4.69) is 15.3 Å². The van der Waals surface area contributed by atoms with E-state index in [1.54, 1.807) is 23.1 Å². The number of aromatic nitrogens is 4. The van der Waals surface area contributed by atoms with Crippen LogP contribution >= 0.6 is 11.6 Å². The van der Waals surface area contributed by atoms with Crippen LogP contribution in [0, 0.1) is 0 Å². The first-order chi connectivity index (χ1) is 9.78. The fraction of sp³-hybridized carbons (Fsp3) is 0.462. The Balaban J connectivity index is 1.85. The van der Waals surface area contributed by atoms with Crippen molar-refractivity contribution in [3.8, 4) is 5.69 Å². The van der Waals surface area contributed by atoms with E-state index in [9.17, 15) is 0 Å². The molecule has 0 spiro atoms. The van der Waals surface area contributed by atoms with Crippen LogP contribution in [0.2, 0.25) is 5.15 Å². The molecule has 0 aromatic carbocycles. The van der Waals surface area contributed by atoms with Gasteiger partial charge in [-0.1, -0.05) is 16.8 Å². The minimum absolute atomic E-state index is 0.400. The molecule has 1 aliphatic rings. The molecule has 1 saturated heterocycles.